The lowest BCUT2D eigenvalue weighted by Crippen LogP contribution is -2.31. The van der Waals surface area contributed by atoms with E-state index in [4.69, 9.17) is 5.73 Å². The van der Waals surface area contributed by atoms with Crippen LogP contribution >= 0.6 is 0 Å². The van der Waals surface area contributed by atoms with Crippen molar-refractivity contribution in [2.24, 2.45) is 5.41 Å². The van der Waals surface area contributed by atoms with Crippen LogP contribution in [0.4, 0.5) is 5.69 Å². The summed E-state index contributed by atoms with van der Waals surface area (Å²) in [6.45, 7) is 5.38. The predicted molar refractivity (Wildman–Crippen MR) is 53.3 cm³/mol. The van der Waals surface area contributed by atoms with Crippen LogP contribution in [0.2, 0.25) is 0 Å². The molecule has 1 aromatic rings. The van der Waals surface area contributed by atoms with Gasteiger partial charge in [0.05, 0.1) is 17.6 Å². The first-order chi connectivity index (χ1) is 6.11. The number of anilines is 1. The van der Waals surface area contributed by atoms with Gasteiger partial charge in [-0.2, -0.15) is 5.10 Å². The average Bonchev–Trinajstić information content (AvgIpc) is 2.33. The molecular formula is C10H17N3. The molecule has 2 rings (SSSR count). The van der Waals surface area contributed by atoms with Gasteiger partial charge in [0.25, 0.3) is 0 Å². The van der Waals surface area contributed by atoms with Gasteiger partial charge in [0, 0.05) is 6.54 Å². The summed E-state index contributed by atoms with van der Waals surface area (Å²) in [7, 11) is 0. The second kappa shape index (κ2) is 2.76. The van der Waals surface area contributed by atoms with Crippen LogP contribution in [0, 0.1) is 12.3 Å². The third-order valence-corrected chi connectivity index (χ3v) is 3.23. The Morgan fingerprint density at radius 3 is 2.69 bits per heavy atom. The molecule has 1 fully saturated rings. The number of rotatable bonds is 2. The molecule has 1 aliphatic carbocycles. The molecule has 0 atom stereocenters. The van der Waals surface area contributed by atoms with Gasteiger partial charge >= 0.3 is 0 Å². The second-order valence-corrected chi connectivity index (χ2v) is 4.51. The monoisotopic (exact) mass is 179 g/mol. The lowest BCUT2D eigenvalue weighted by molar-refractivity contribution is 0.125. The summed E-state index contributed by atoms with van der Waals surface area (Å²) in [6.07, 6.45) is 5.77. The first kappa shape index (κ1) is 8.60. The highest BCUT2D eigenvalue weighted by Gasteiger charge is 2.32. The van der Waals surface area contributed by atoms with Gasteiger partial charge in [-0.05, 0) is 25.2 Å². The quantitative estimate of drug-likeness (QED) is 0.754. The Bertz CT molecular complexity index is 310. The zero-order chi connectivity index (χ0) is 9.47. The molecule has 3 nitrogen and oxygen atoms in total. The van der Waals surface area contributed by atoms with Gasteiger partial charge in [-0.3, -0.25) is 4.68 Å². The Kier molecular flexibility index (Phi) is 1.82. The van der Waals surface area contributed by atoms with Crippen molar-refractivity contribution in [3.05, 3.63) is 11.9 Å². The Hall–Kier alpha value is -0.990. The van der Waals surface area contributed by atoms with Crippen molar-refractivity contribution < 1.29 is 0 Å². The first-order valence-corrected chi connectivity index (χ1v) is 4.89. The molecule has 1 saturated carbocycles. The summed E-state index contributed by atoms with van der Waals surface area (Å²) in [4.78, 5) is 0. The van der Waals surface area contributed by atoms with Crippen LogP contribution in [0.3, 0.4) is 0 Å². The summed E-state index contributed by atoms with van der Waals surface area (Å²) >= 11 is 0. The summed E-state index contributed by atoms with van der Waals surface area (Å²) in [5.74, 6) is 0. The molecule has 0 radical (unpaired) electrons. The minimum atomic E-state index is 0.475. The SMILES string of the molecule is Cc1c(N)cnn1CC1(C)CCC1. The highest BCUT2D eigenvalue weighted by molar-refractivity contribution is 5.39. The van der Waals surface area contributed by atoms with Gasteiger partial charge in [-0.25, -0.2) is 0 Å². The average molecular weight is 179 g/mol. The van der Waals surface area contributed by atoms with Crippen LogP contribution in [0.15, 0.2) is 6.20 Å². The fourth-order valence-corrected chi connectivity index (χ4v) is 1.92. The molecule has 0 aliphatic heterocycles. The third-order valence-electron chi connectivity index (χ3n) is 3.23. The fraction of sp³-hybridized carbons (Fsp3) is 0.700. The molecule has 1 heterocycles. The minimum absolute atomic E-state index is 0.475. The Morgan fingerprint density at radius 1 is 1.62 bits per heavy atom. The van der Waals surface area contributed by atoms with Crippen molar-refractivity contribution in [3.63, 3.8) is 0 Å². The van der Waals surface area contributed by atoms with Gasteiger partial charge < -0.3 is 5.73 Å². The summed E-state index contributed by atoms with van der Waals surface area (Å²) in [5, 5.41) is 4.27. The van der Waals surface area contributed by atoms with E-state index in [1.165, 1.54) is 19.3 Å². The maximum Gasteiger partial charge on any atom is 0.0730 e. The highest BCUT2D eigenvalue weighted by atomic mass is 15.3. The lowest BCUT2D eigenvalue weighted by Gasteiger charge is -2.38. The summed E-state index contributed by atoms with van der Waals surface area (Å²) in [5.41, 5.74) is 8.12. The van der Waals surface area contributed by atoms with Crippen LogP contribution in [-0.2, 0) is 6.54 Å². The number of hydrogen-bond acceptors (Lipinski definition) is 2. The van der Waals surface area contributed by atoms with E-state index in [0.29, 0.717) is 5.41 Å². The molecule has 0 saturated heterocycles. The van der Waals surface area contributed by atoms with E-state index in [9.17, 15) is 0 Å². The van der Waals surface area contributed by atoms with Crippen LogP contribution < -0.4 is 5.73 Å². The van der Waals surface area contributed by atoms with Gasteiger partial charge in [-0.15, -0.1) is 0 Å². The van der Waals surface area contributed by atoms with Crippen LogP contribution in [-0.4, -0.2) is 9.78 Å². The number of nitrogens with two attached hydrogens (primary N) is 1. The lowest BCUT2D eigenvalue weighted by atomic mass is 9.70. The number of nitrogen functional groups attached to an aromatic ring is 1. The standard InChI is InChI=1S/C10H17N3/c1-8-9(11)6-12-13(8)7-10(2)4-3-5-10/h6H,3-5,7,11H2,1-2H3. The van der Waals surface area contributed by atoms with E-state index in [1.54, 1.807) is 6.20 Å². The molecule has 0 amide bonds. The molecule has 0 unspecified atom stereocenters. The van der Waals surface area contributed by atoms with Crippen LogP contribution in [0.25, 0.3) is 0 Å². The molecule has 1 aromatic heterocycles. The van der Waals surface area contributed by atoms with E-state index in [1.807, 2.05) is 11.6 Å². The maximum atomic E-state index is 5.74. The minimum Gasteiger partial charge on any atom is -0.396 e. The van der Waals surface area contributed by atoms with E-state index in [-0.39, 0.29) is 0 Å². The maximum absolute atomic E-state index is 5.74. The zero-order valence-electron chi connectivity index (χ0n) is 8.38. The van der Waals surface area contributed by atoms with Gasteiger partial charge in [0.15, 0.2) is 0 Å². The topological polar surface area (TPSA) is 43.8 Å². The number of hydrogen-bond donors (Lipinski definition) is 1. The van der Waals surface area contributed by atoms with Gasteiger partial charge in [0.2, 0.25) is 0 Å². The Balaban J connectivity index is 2.13. The molecule has 1 aliphatic rings. The Labute approximate surface area is 78.9 Å². The van der Waals surface area contributed by atoms with Crippen LogP contribution in [0.1, 0.15) is 31.9 Å². The van der Waals surface area contributed by atoms with Crippen molar-refractivity contribution in [2.45, 2.75) is 39.7 Å². The smallest absolute Gasteiger partial charge is 0.0730 e. The first-order valence-electron chi connectivity index (χ1n) is 4.89. The highest BCUT2D eigenvalue weighted by Crippen LogP contribution is 2.41. The van der Waals surface area contributed by atoms with Crippen molar-refractivity contribution >= 4 is 5.69 Å². The molecule has 0 spiro atoms. The van der Waals surface area contributed by atoms with Crippen molar-refractivity contribution in [3.8, 4) is 0 Å². The molecular weight excluding hydrogens is 162 g/mol. The summed E-state index contributed by atoms with van der Waals surface area (Å²) in [6, 6.07) is 0. The number of nitrogens with zero attached hydrogens (tertiary/aromatic N) is 2. The van der Waals surface area contributed by atoms with E-state index in [0.717, 1.165) is 17.9 Å². The van der Waals surface area contributed by atoms with E-state index < -0.39 is 0 Å². The van der Waals surface area contributed by atoms with E-state index >= 15 is 0 Å². The molecule has 0 bridgehead atoms. The molecule has 3 heteroatoms. The van der Waals surface area contributed by atoms with Crippen molar-refractivity contribution in [1.82, 2.24) is 9.78 Å². The van der Waals surface area contributed by atoms with Gasteiger partial charge in [-0.1, -0.05) is 13.3 Å². The van der Waals surface area contributed by atoms with Crippen LogP contribution in [0.5, 0.6) is 0 Å². The zero-order valence-corrected chi connectivity index (χ0v) is 8.38. The van der Waals surface area contributed by atoms with Gasteiger partial charge in [0.1, 0.15) is 0 Å². The normalized spacial score (nSPS) is 19.8. The molecule has 72 valence electrons. The third kappa shape index (κ3) is 1.43. The van der Waals surface area contributed by atoms with Crippen molar-refractivity contribution in [1.29, 1.82) is 0 Å². The molecule has 2 N–H and O–H groups in total. The Morgan fingerprint density at radius 2 is 2.31 bits per heavy atom. The largest absolute Gasteiger partial charge is 0.396 e. The molecule has 13 heavy (non-hydrogen) atoms. The van der Waals surface area contributed by atoms with Crippen molar-refractivity contribution in [2.75, 3.05) is 5.73 Å². The number of aromatic nitrogens is 2. The molecule has 0 aromatic carbocycles. The predicted octanol–water partition coefficient (Wildman–Crippen LogP) is 1.96. The van der Waals surface area contributed by atoms with E-state index in [2.05, 4.69) is 12.0 Å². The second-order valence-electron chi connectivity index (χ2n) is 4.51. The fourth-order valence-electron chi connectivity index (χ4n) is 1.92. The summed E-state index contributed by atoms with van der Waals surface area (Å²) < 4.78 is 2.04.